The molecule has 1 saturated heterocycles. The van der Waals surface area contributed by atoms with Crippen molar-refractivity contribution in [2.24, 2.45) is 5.92 Å². The van der Waals surface area contributed by atoms with E-state index in [0.717, 1.165) is 6.42 Å². The van der Waals surface area contributed by atoms with Crippen molar-refractivity contribution in [3.63, 3.8) is 0 Å². The minimum Gasteiger partial charge on any atom is -0.481 e. The van der Waals surface area contributed by atoms with Crippen molar-refractivity contribution in [2.45, 2.75) is 12.8 Å². The molecule has 1 aliphatic rings. The van der Waals surface area contributed by atoms with Crippen LogP contribution in [0.2, 0.25) is 0 Å². The van der Waals surface area contributed by atoms with Crippen LogP contribution in [0.1, 0.15) is 12.8 Å². The van der Waals surface area contributed by atoms with Gasteiger partial charge in [-0.2, -0.15) is 0 Å². The largest absolute Gasteiger partial charge is 0.481 e. The van der Waals surface area contributed by atoms with Crippen molar-refractivity contribution in [1.82, 2.24) is 5.32 Å². The Morgan fingerprint density at radius 2 is 2.40 bits per heavy atom. The van der Waals surface area contributed by atoms with Gasteiger partial charge in [0.2, 0.25) is 5.91 Å². The second-order valence-corrected chi connectivity index (χ2v) is 2.32. The van der Waals surface area contributed by atoms with Crippen molar-refractivity contribution in [3.05, 3.63) is 0 Å². The molecule has 1 aliphatic heterocycles. The number of hydrogen-bond donors (Lipinski definition) is 2. The fourth-order valence-electron chi connectivity index (χ4n) is 1.01. The summed E-state index contributed by atoms with van der Waals surface area (Å²) in [4.78, 5) is 21.0. The molecule has 0 aliphatic carbocycles. The van der Waals surface area contributed by atoms with Gasteiger partial charge in [0.25, 0.3) is 0 Å². The molecule has 0 saturated carbocycles. The maximum atomic E-state index is 10.7. The predicted octanol–water partition coefficient (Wildman–Crippen LogP) is -0.403. The Kier molecular flexibility index (Phi) is 1.89. The number of nitrogens with one attached hydrogen (secondary N) is 1. The quantitative estimate of drug-likeness (QED) is 0.491. The van der Waals surface area contributed by atoms with E-state index in [-0.39, 0.29) is 5.91 Å². The number of carbonyl (C=O) groups excluding carboxylic acids is 1. The van der Waals surface area contributed by atoms with E-state index in [1.54, 1.807) is 0 Å². The summed E-state index contributed by atoms with van der Waals surface area (Å²) in [5.41, 5.74) is 0. The van der Waals surface area contributed by atoms with E-state index in [0.29, 0.717) is 13.0 Å². The van der Waals surface area contributed by atoms with E-state index in [1.807, 2.05) is 0 Å². The molecule has 2 N–H and O–H groups in total. The van der Waals surface area contributed by atoms with Crippen LogP contribution in [0.3, 0.4) is 0 Å². The smallest absolute Gasteiger partial charge is 0.316 e. The van der Waals surface area contributed by atoms with Crippen molar-refractivity contribution in [1.29, 1.82) is 0 Å². The van der Waals surface area contributed by atoms with Gasteiger partial charge in [0.15, 0.2) is 0 Å². The molecule has 1 rings (SSSR count). The third-order valence-corrected chi connectivity index (χ3v) is 1.58. The van der Waals surface area contributed by atoms with Crippen LogP contribution in [-0.2, 0) is 9.59 Å². The van der Waals surface area contributed by atoms with Gasteiger partial charge in [0, 0.05) is 6.54 Å². The molecule has 0 spiro atoms. The van der Waals surface area contributed by atoms with Crippen LogP contribution in [-0.4, -0.2) is 23.5 Å². The van der Waals surface area contributed by atoms with Gasteiger partial charge in [0.05, 0.1) is 0 Å². The molecule has 0 aromatic carbocycles. The third kappa shape index (κ3) is 1.26. The summed E-state index contributed by atoms with van der Waals surface area (Å²) in [6, 6.07) is 0. The molecule has 0 radical (unpaired) electrons. The highest BCUT2D eigenvalue weighted by Gasteiger charge is 2.28. The van der Waals surface area contributed by atoms with Crippen molar-refractivity contribution < 1.29 is 14.7 Å². The lowest BCUT2D eigenvalue weighted by atomic mass is 9.99. The lowest BCUT2D eigenvalue weighted by Gasteiger charge is -2.17. The zero-order chi connectivity index (χ0) is 7.56. The first-order chi connectivity index (χ1) is 4.72. The zero-order valence-electron chi connectivity index (χ0n) is 5.46. The summed E-state index contributed by atoms with van der Waals surface area (Å²) in [5.74, 6) is -2.18. The predicted molar refractivity (Wildman–Crippen MR) is 33.4 cm³/mol. The zero-order valence-corrected chi connectivity index (χ0v) is 5.46. The van der Waals surface area contributed by atoms with E-state index in [1.165, 1.54) is 0 Å². The summed E-state index contributed by atoms with van der Waals surface area (Å²) in [6.45, 7) is 0.614. The first-order valence-electron chi connectivity index (χ1n) is 3.22. The number of amides is 1. The number of carboxylic acid groups (broad SMARTS) is 1. The number of carboxylic acids is 1. The van der Waals surface area contributed by atoms with E-state index < -0.39 is 11.9 Å². The monoisotopic (exact) mass is 143 g/mol. The van der Waals surface area contributed by atoms with Crippen LogP contribution in [0.15, 0.2) is 0 Å². The SMILES string of the molecule is O=C(O)C1CCCNC1=O. The molecule has 1 atom stereocenters. The Hall–Kier alpha value is -1.06. The summed E-state index contributed by atoms with van der Waals surface area (Å²) in [5, 5.41) is 10.9. The van der Waals surface area contributed by atoms with E-state index in [2.05, 4.69) is 5.32 Å². The van der Waals surface area contributed by atoms with Gasteiger partial charge in [-0.15, -0.1) is 0 Å². The fourth-order valence-corrected chi connectivity index (χ4v) is 1.01. The van der Waals surface area contributed by atoms with Crippen LogP contribution in [0, 0.1) is 5.92 Å². The van der Waals surface area contributed by atoms with Crippen molar-refractivity contribution in [2.75, 3.05) is 6.54 Å². The number of piperidine rings is 1. The van der Waals surface area contributed by atoms with Gasteiger partial charge in [-0.05, 0) is 12.8 Å². The van der Waals surface area contributed by atoms with Gasteiger partial charge in [-0.1, -0.05) is 0 Å². The molecular weight excluding hydrogens is 134 g/mol. The Morgan fingerprint density at radius 1 is 1.70 bits per heavy atom. The number of rotatable bonds is 1. The van der Waals surface area contributed by atoms with Crippen LogP contribution in [0.25, 0.3) is 0 Å². The van der Waals surface area contributed by atoms with E-state index in [9.17, 15) is 9.59 Å². The average Bonchev–Trinajstić information content (AvgIpc) is 1.88. The van der Waals surface area contributed by atoms with Gasteiger partial charge in [-0.25, -0.2) is 0 Å². The normalized spacial score (nSPS) is 25.6. The molecule has 0 aromatic heterocycles. The molecule has 1 fully saturated rings. The summed E-state index contributed by atoms with van der Waals surface area (Å²) >= 11 is 0. The van der Waals surface area contributed by atoms with Crippen LogP contribution < -0.4 is 5.32 Å². The number of hydrogen-bond acceptors (Lipinski definition) is 2. The molecule has 56 valence electrons. The second kappa shape index (κ2) is 2.68. The highest BCUT2D eigenvalue weighted by atomic mass is 16.4. The van der Waals surface area contributed by atoms with Gasteiger partial charge >= 0.3 is 5.97 Å². The maximum Gasteiger partial charge on any atom is 0.316 e. The van der Waals surface area contributed by atoms with Crippen LogP contribution in [0.5, 0.6) is 0 Å². The lowest BCUT2D eigenvalue weighted by Crippen LogP contribution is -2.40. The van der Waals surface area contributed by atoms with Gasteiger partial charge in [0.1, 0.15) is 5.92 Å². The minimum absolute atomic E-state index is 0.348. The van der Waals surface area contributed by atoms with Crippen molar-refractivity contribution in [3.8, 4) is 0 Å². The standard InChI is InChI=1S/C6H9NO3/c8-5-4(6(9)10)2-1-3-7-5/h4H,1-3H2,(H,7,8)(H,9,10). The first kappa shape index (κ1) is 7.05. The van der Waals surface area contributed by atoms with Gasteiger partial charge < -0.3 is 10.4 Å². The minimum atomic E-state index is -1.02. The molecule has 0 bridgehead atoms. The molecule has 4 heteroatoms. The number of aliphatic carboxylic acids is 1. The molecule has 10 heavy (non-hydrogen) atoms. The summed E-state index contributed by atoms with van der Waals surface area (Å²) in [7, 11) is 0. The summed E-state index contributed by atoms with van der Waals surface area (Å²) < 4.78 is 0. The topological polar surface area (TPSA) is 66.4 Å². The molecule has 1 unspecified atom stereocenters. The molecule has 4 nitrogen and oxygen atoms in total. The summed E-state index contributed by atoms with van der Waals surface area (Å²) in [6.07, 6.45) is 1.24. The van der Waals surface area contributed by atoms with Crippen LogP contribution >= 0.6 is 0 Å². The average molecular weight is 143 g/mol. The molecule has 1 amide bonds. The first-order valence-corrected chi connectivity index (χ1v) is 3.22. The Morgan fingerprint density at radius 3 is 2.80 bits per heavy atom. The Labute approximate surface area is 58.2 Å². The Bertz CT molecular complexity index is 166. The highest BCUT2D eigenvalue weighted by molar-refractivity contribution is 5.97. The molecule has 1 heterocycles. The van der Waals surface area contributed by atoms with E-state index >= 15 is 0 Å². The molecule has 0 aromatic rings. The van der Waals surface area contributed by atoms with Crippen molar-refractivity contribution >= 4 is 11.9 Å². The van der Waals surface area contributed by atoms with E-state index in [4.69, 9.17) is 5.11 Å². The maximum absolute atomic E-state index is 10.7. The third-order valence-electron chi connectivity index (χ3n) is 1.58. The van der Waals surface area contributed by atoms with Gasteiger partial charge in [-0.3, -0.25) is 9.59 Å². The number of carbonyl (C=O) groups is 2. The fraction of sp³-hybridized carbons (Fsp3) is 0.667. The highest BCUT2D eigenvalue weighted by Crippen LogP contribution is 2.10. The second-order valence-electron chi connectivity index (χ2n) is 2.32. The molecular formula is C6H9NO3. The lowest BCUT2D eigenvalue weighted by molar-refractivity contribution is -0.148. The Balaban J connectivity index is 2.56. The van der Waals surface area contributed by atoms with Crippen LogP contribution in [0.4, 0.5) is 0 Å².